The number of aromatic nitrogens is 3. The summed E-state index contributed by atoms with van der Waals surface area (Å²) in [5, 5.41) is 19.5. The molecule has 1 heterocycles. The van der Waals surface area contributed by atoms with Crippen LogP contribution < -0.4 is 0 Å². The number of unbranched alkanes of at least 4 members (excludes halogenated alkanes) is 2. The maximum atomic E-state index is 10.9. The Morgan fingerprint density at radius 2 is 2.18 bits per heavy atom. The number of thiocyanates is 1. The molecule has 0 aliphatic rings. The molecular formula is C12H16N7O2S-. The van der Waals surface area contributed by atoms with Crippen molar-refractivity contribution in [2.24, 2.45) is 0 Å². The fourth-order valence-corrected chi connectivity index (χ4v) is 1.47. The van der Waals surface area contributed by atoms with E-state index in [9.17, 15) is 4.79 Å². The summed E-state index contributed by atoms with van der Waals surface area (Å²) < 4.78 is 4.69. The Balaban J connectivity index is 0. The number of esters is 1. The number of ether oxygens (including phenoxy) is 1. The van der Waals surface area contributed by atoms with Crippen LogP contribution in [0.2, 0.25) is 0 Å². The van der Waals surface area contributed by atoms with Gasteiger partial charge < -0.3 is 15.8 Å². The highest BCUT2D eigenvalue weighted by molar-refractivity contribution is 8.03. The zero-order chi connectivity index (χ0) is 16.9. The average Bonchev–Trinajstić information content (AvgIpc) is 3.09. The molecule has 0 saturated carbocycles. The van der Waals surface area contributed by atoms with Gasteiger partial charge in [-0.15, -0.1) is 11.5 Å². The molecule has 22 heavy (non-hydrogen) atoms. The van der Waals surface area contributed by atoms with Gasteiger partial charge >= 0.3 is 5.97 Å². The monoisotopic (exact) mass is 322 g/mol. The van der Waals surface area contributed by atoms with E-state index in [0.717, 1.165) is 25.0 Å². The maximum Gasteiger partial charge on any atom is 0.306 e. The summed E-state index contributed by atoms with van der Waals surface area (Å²) in [4.78, 5) is 12.4. The highest BCUT2D eigenvalue weighted by atomic mass is 32.2. The predicted molar refractivity (Wildman–Crippen MR) is 82.8 cm³/mol. The van der Waals surface area contributed by atoms with Gasteiger partial charge in [-0.25, -0.2) is 0 Å². The number of H-pyrrole nitrogens is 1. The van der Waals surface area contributed by atoms with Gasteiger partial charge in [-0.3, -0.25) is 14.8 Å². The molecule has 1 aromatic rings. The first-order valence-corrected chi connectivity index (χ1v) is 7.10. The number of nitriles is 1. The Kier molecular flexibility index (Phi) is 20.3. The Morgan fingerprint density at radius 3 is 2.64 bits per heavy atom. The lowest BCUT2D eigenvalue weighted by atomic mass is 10.2. The Hall–Kier alpha value is -2.68. The third-order valence-corrected chi connectivity index (χ3v) is 2.46. The molecule has 0 aliphatic carbocycles. The number of carbonyl (C=O) groups excluding carboxylic acids is 1. The van der Waals surface area contributed by atoms with E-state index < -0.39 is 0 Å². The van der Waals surface area contributed by atoms with Crippen molar-refractivity contribution < 1.29 is 9.53 Å². The molecule has 0 aromatic carbocycles. The van der Waals surface area contributed by atoms with Crippen LogP contribution in [0.4, 0.5) is 0 Å². The van der Waals surface area contributed by atoms with Gasteiger partial charge in [0.1, 0.15) is 5.40 Å². The van der Waals surface area contributed by atoms with Crippen molar-refractivity contribution in [1.82, 2.24) is 15.4 Å². The summed E-state index contributed by atoms with van der Waals surface area (Å²) in [5.41, 5.74) is 13.5. The normalized spacial score (nSPS) is 7.73. The highest BCUT2D eigenvalue weighted by Gasteiger charge is 2.00. The second-order valence-corrected chi connectivity index (χ2v) is 4.24. The van der Waals surface area contributed by atoms with Crippen molar-refractivity contribution >= 4 is 17.7 Å². The van der Waals surface area contributed by atoms with Crippen LogP contribution in [-0.4, -0.2) is 33.7 Å². The SMILES string of the molecule is C#CCOC(=O)CCCCCSC#N.[N-]=[N+]=[N-].c1c[nH]nn1. The van der Waals surface area contributed by atoms with Crippen molar-refractivity contribution in [3.05, 3.63) is 28.4 Å². The van der Waals surface area contributed by atoms with E-state index in [0.29, 0.717) is 6.42 Å². The van der Waals surface area contributed by atoms with Gasteiger partial charge in [0.15, 0.2) is 6.61 Å². The first-order chi connectivity index (χ1) is 10.7. The van der Waals surface area contributed by atoms with Crippen LogP contribution in [0.3, 0.4) is 0 Å². The summed E-state index contributed by atoms with van der Waals surface area (Å²) >= 11 is 1.24. The minimum absolute atomic E-state index is 0.0586. The minimum Gasteiger partial charge on any atom is -0.452 e. The molecule has 0 unspecified atom stereocenters. The van der Waals surface area contributed by atoms with Gasteiger partial charge in [-0.05, 0) is 24.6 Å². The molecule has 10 heteroatoms. The first kappa shape index (κ1) is 21.6. The van der Waals surface area contributed by atoms with Gasteiger partial charge in [-0.1, -0.05) is 17.6 Å². The topological polar surface area (TPSA) is 150 Å². The maximum absolute atomic E-state index is 10.9. The van der Waals surface area contributed by atoms with E-state index >= 15 is 0 Å². The van der Waals surface area contributed by atoms with Crippen molar-refractivity contribution in [2.75, 3.05) is 12.4 Å². The smallest absolute Gasteiger partial charge is 0.306 e. The van der Waals surface area contributed by atoms with E-state index in [1.165, 1.54) is 16.7 Å². The Morgan fingerprint density at radius 1 is 1.45 bits per heavy atom. The lowest BCUT2D eigenvalue weighted by molar-refractivity contribution is -0.142. The first-order valence-electron chi connectivity index (χ1n) is 6.11. The molecule has 0 bridgehead atoms. The van der Waals surface area contributed by atoms with Crippen molar-refractivity contribution in [2.45, 2.75) is 25.7 Å². The van der Waals surface area contributed by atoms with Crippen molar-refractivity contribution in [1.29, 1.82) is 5.26 Å². The number of hydrogen-bond donors (Lipinski definition) is 1. The summed E-state index contributed by atoms with van der Waals surface area (Å²) in [5.74, 6) is 2.82. The average molecular weight is 322 g/mol. The third-order valence-electron chi connectivity index (χ3n) is 1.84. The highest BCUT2D eigenvalue weighted by Crippen LogP contribution is 2.06. The number of terminal acetylenes is 1. The van der Waals surface area contributed by atoms with Crippen LogP contribution in [0.25, 0.3) is 16.0 Å². The third kappa shape index (κ3) is 22.5. The molecule has 9 nitrogen and oxygen atoms in total. The lowest BCUT2D eigenvalue weighted by Crippen LogP contribution is -2.04. The molecule has 0 spiro atoms. The molecule has 1 N–H and O–H groups in total. The van der Waals surface area contributed by atoms with Crippen LogP contribution in [-0.2, 0) is 9.53 Å². The number of thioether (sulfide) groups is 1. The van der Waals surface area contributed by atoms with E-state index in [1.54, 1.807) is 12.4 Å². The van der Waals surface area contributed by atoms with Gasteiger partial charge in [0, 0.05) is 18.4 Å². The number of rotatable bonds is 7. The second kappa shape index (κ2) is 20.6. The van der Waals surface area contributed by atoms with Gasteiger partial charge in [0.25, 0.3) is 0 Å². The number of carbonyl (C=O) groups is 1. The Bertz CT molecular complexity index is 455. The van der Waals surface area contributed by atoms with Crippen LogP contribution >= 0.6 is 11.8 Å². The fourth-order valence-electron chi connectivity index (χ4n) is 1.03. The molecule has 0 amide bonds. The van der Waals surface area contributed by atoms with E-state index in [2.05, 4.69) is 26.1 Å². The van der Waals surface area contributed by atoms with Crippen LogP contribution in [0.15, 0.2) is 12.4 Å². The number of nitrogens with zero attached hydrogens (tertiary/aromatic N) is 6. The molecule has 0 radical (unpaired) electrons. The van der Waals surface area contributed by atoms with E-state index in [4.69, 9.17) is 22.7 Å². The lowest BCUT2D eigenvalue weighted by Gasteiger charge is -2.00. The number of hydrogen-bond acceptors (Lipinski definition) is 6. The zero-order valence-corrected chi connectivity index (χ0v) is 12.7. The molecular weight excluding hydrogens is 306 g/mol. The van der Waals surface area contributed by atoms with Crippen molar-refractivity contribution in [3.63, 3.8) is 0 Å². The van der Waals surface area contributed by atoms with Crippen molar-refractivity contribution in [3.8, 4) is 17.7 Å². The molecule has 0 saturated heterocycles. The van der Waals surface area contributed by atoms with E-state index in [-0.39, 0.29) is 12.6 Å². The van der Waals surface area contributed by atoms with Gasteiger partial charge in [-0.2, -0.15) is 5.26 Å². The Labute approximate surface area is 132 Å². The summed E-state index contributed by atoms with van der Waals surface area (Å²) in [7, 11) is 0. The van der Waals surface area contributed by atoms with Gasteiger partial charge in [0.2, 0.25) is 0 Å². The largest absolute Gasteiger partial charge is 0.452 e. The quantitative estimate of drug-likeness (QED) is 0.155. The minimum atomic E-state index is -0.240. The zero-order valence-electron chi connectivity index (χ0n) is 11.9. The fraction of sp³-hybridized carbons (Fsp3) is 0.500. The van der Waals surface area contributed by atoms with Crippen LogP contribution in [0, 0.1) is 23.0 Å². The number of aromatic amines is 1. The van der Waals surface area contributed by atoms with E-state index in [1.807, 2.05) is 5.40 Å². The molecule has 118 valence electrons. The molecule has 0 atom stereocenters. The number of nitrogens with one attached hydrogen (secondary N) is 1. The summed E-state index contributed by atoms with van der Waals surface area (Å²) in [6.07, 6.45) is 11.3. The van der Waals surface area contributed by atoms with Crippen LogP contribution in [0.5, 0.6) is 0 Å². The van der Waals surface area contributed by atoms with Gasteiger partial charge in [0.05, 0.1) is 6.20 Å². The second-order valence-electron chi connectivity index (χ2n) is 3.36. The molecule has 0 aliphatic heterocycles. The van der Waals surface area contributed by atoms with Crippen LogP contribution in [0.1, 0.15) is 25.7 Å². The predicted octanol–water partition coefficient (Wildman–Crippen LogP) is 2.61. The summed E-state index contributed by atoms with van der Waals surface area (Å²) in [6.45, 7) is 0.0586. The molecule has 0 fully saturated rings. The molecule has 1 aromatic heterocycles. The molecule has 1 rings (SSSR count). The standard InChI is InChI=1S/C10H13NO2S.C2H3N3.N3/c1-2-7-13-10(12)6-4-3-5-8-14-9-11;1-2-4-5-3-1;1-3-2/h1H,3-8H2;1-2H,(H,3,4,5);/q;;-1. The summed E-state index contributed by atoms with van der Waals surface area (Å²) in [6, 6.07) is 0.